The van der Waals surface area contributed by atoms with Crippen molar-refractivity contribution in [1.82, 2.24) is 29.3 Å². The molecule has 1 amide bonds. The average Bonchev–Trinajstić information content (AvgIpc) is 3.90. The number of piperazine rings is 1. The van der Waals surface area contributed by atoms with E-state index in [1.165, 1.54) is 0 Å². The number of phenols is 1. The second kappa shape index (κ2) is 12.0. The fraction of sp³-hybridized carbons (Fsp3) is 0.421. The van der Waals surface area contributed by atoms with Gasteiger partial charge < -0.3 is 24.2 Å². The Balaban J connectivity index is 1.08. The Morgan fingerprint density at radius 1 is 0.980 bits per heavy atom. The molecule has 0 aliphatic carbocycles. The molecule has 3 aromatic carbocycles. The van der Waals surface area contributed by atoms with Gasteiger partial charge in [-0.05, 0) is 86.1 Å². The molecule has 4 saturated heterocycles. The molecule has 5 aromatic rings. The first-order valence-electron chi connectivity index (χ1n) is 17.6. The molecule has 0 radical (unpaired) electrons. The third kappa shape index (κ3) is 5.26. The Bertz CT molecular complexity index is 2030. The van der Waals surface area contributed by atoms with E-state index in [-0.39, 0.29) is 40.8 Å². The van der Waals surface area contributed by atoms with Gasteiger partial charge in [0.25, 0.3) is 0 Å². The van der Waals surface area contributed by atoms with Crippen LogP contribution >= 0.6 is 0 Å². The van der Waals surface area contributed by atoms with Crippen LogP contribution in [0.15, 0.2) is 67.3 Å². The summed E-state index contributed by atoms with van der Waals surface area (Å²) >= 11 is 0. The smallest absolute Gasteiger partial charge is 0.319 e. The second-order valence-electron chi connectivity index (χ2n) is 14.2. The summed E-state index contributed by atoms with van der Waals surface area (Å²) in [5.74, 6) is 0.397. The third-order valence-corrected chi connectivity index (χ3v) is 11.4. The van der Waals surface area contributed by atoms with Gasteiger partial charge in [-0.2, -0.15) is 9.97 Å². The van der Waals surface area contributed by atoms with Crippen LogP contribution in [0.5, 0.6) is 11.8 Å². The fourth-order valence-corrected chi connectivity index (χ4v) is 9.07. The number of aromatic hydroxyl groups is 1. The molecule has 2 atom stereocenters. The van der Waals surface area contributed by atoms with Gasteiger partial charge in [0, 0.05) is 61.5 Å². The van der Waals surface area contributed by atoms with Gasteiger partial charge in [0.2, 0.25) is 5.91 Å². The molecular weight excluding hydrogens is 621 g/mol. The van der Waals surface area contributed by atoms with Crippen molar-refractivity contribution in [3.05, 3.63) is 73.1 Å². The highest BCUT2D eigenvalue weighted by Crippen LogP contribution is 2.42. The SMILES string of the molecule is O=C(CCn1ccnc1)N1C2CCC1CN(c1nc(OCC34CCCN3CCC4)nc3c(F)c(-c4cc(O)cc5ccccc45)ccc13)C2. The minimum atomic E-state index is -0.473. The zero-order valence-electron chi connectivity index (χ0n) is 27.5. The molecule has 10 nitrogen and oxygen atoms in total. The van der Waals surface area contributed by atoms with Crippen LogP contribution in [0.4, 0.5) is 10.2 Å². The number of anilines is 1. The second-order valence-corrected chi connectivity index (χ2v) is 14.2. The zero-order chi connectivity index (χ0) is 33.1. The highest BCUT2D eigenvalue weighted by molar-refractivity contribution is 6.01. The lowest BCUT2D eigenvalue weighted by molar-refractivity contribution is -0.134. The molecule has 0 saturated carbocycles. The van der Waals surface area contributed by atoms with E-state index < -0.39 is 5.82 Å². The molecule has 4 aliphatic rings. The van der Waals surface area contributed by atoms with Gasteiger partial charge in [-0.3, -0.25) is 9.69 Å². The number of hydrogen-bond acceptors (Lipinski definition) is 8. The molecular formula is C38H40FN7O3. The first-order chi connectivity index (χ1) is 24.0. The average molecular weight is 662 g/mol. The normalized spacial score (nSPS) is 21.6. The lowest BCUT2D eigenvalue weighted by Gasteiger charge is -2.42. The Morgan fingerprint density at radius 2 is 1.78 bits per heavy atom. The maximum absolute atomic E-state index is 16.9. The number of aromatic nitrogens is 4. The molecule has 1 N–H and O–H groups in total. The van der Waals surface area contributed by atoms with E-state index in [0.29, 0.717) is 55.0 Å². The number of aryl methyl sites for hydroxylation is 1. The summed E-state index contributed by atoms with van der Waals surface area (Å²) in [6, 6.07) is 14.9. The van der Waals surface area contributed by atoms with E-state index in [1.807, 2.05) is 41.1 Å². The molecule has 11 heteroatoms. The van der Waals surface area contributed by atoms with E-state index in [1.54, 1.807) is 30.7 Å². The number of carbonyl (C=O) groups is 1. The summed E-state index contributed by atoms with van der Waals surface area (Å²) in [4.78, 5) is 34.1. The van der Waals surface area contributed by atoms with E-state index in [2.05, 4.69) is 19.7 Å². The lowest BCUT2D eigenvalue weighted by Crippen LogP contribution is -2.56. The number of hydrogen-bond donors (Lipinski definition) is 1. The maximum atomic E-state index is 16.9. The van der Waals surface area contributed by atoms with Gasteiger partial charge in [-0.25, -0.2) is 9.37 Å². The van der Waals surface area contributed by atoms with Crippen molar-refractivity contribution < 1.29 is 19.0 Å². The van der Waals surface area contributed by atoms with E-state index in [4.69, 9.17) is 14.7 Å². The topological polar surface area (TPSA) is 99.9 Å². The predicted molar refractivity (Wildman–Crippen MR) is 185 cm³/mol. The molecule has 2 unspecified atom stereocenters. The standard InChI is InChI=1S/C38H40FN7O3/c39-34-30(32-20-28(47)19-25-5-1-2-6-29(25)32)9-10-31-35(34)41-37(49-23-38-12-3-15-45(38)16-4-13-38)42-36(31)44-21-26-7-8-27(22-44)46(26)33(48)11-17-43-18-14-40-24-43/h1-2,5-6,9-10,14,18-20,24,26-27,47H,3-4,7-8,11-13,15-17,21-23H2. The first kappa shape index (κ1) is 30.3. The zero-order valence-corrected chi connectivity index (χ0v) is 27.5. The predicted octanol–water partition coefficient (Wildman–Crippen LogP) is 5.77. The first-order valence-corrected chi connectivity index (χ1v) is 17.6. The van der Waals surface area contributed by atoms with Gasteiger partial charge in [0.1, 0.15) is 23.7 Å². The van der Waals surface area contributed by atoms with Crippen LogP contribution in [-0.2, 0) is 11.3 Å². The molecule has 0 spiro atoms. The summed E-state index contributed by atoms with van der Waals surface area (Å²) in [7, 11) is 0. The molecule has 9 rings (SSSR count). The number of ether oxygens (including phenoxy) is 1. The van der Waals surface area contributed by atoms with E-state index in [0.717, 1.165) is 62.4 Å². The monoisotopic (exact) mass is 661 g/mol. The largest absolute Gasteiger partial charge is 0.508 e. The van der Waals surface area contributed by atoms with Gasteiger partial charge in [0.05, 0.1) is 11.9 Å². The van der Waals surface area contributed by atoms with Crippen LogP contribution in [0.2, 0.25) is 0 Å². The minimum Gasteiger partial charge on any atom is -0.508 e. The van der Waals surface area contributed by atoms with Crippen LogP contribution in [-0.4, -0.2) is 90.7 Å². The van der Waals surface area contributed by atoms with Crippen LogP contribution in [0.25, 0.3) is 32.8 Å². The Morgan fingerprint density at radius 3 is 2.55 bits per heavy atom. The van der Waals surface area contributed by atoms with Crippen molar-refractivity contribution in [3.63, 3.8) is 0 Å². The van der Waals surface area contributed by atoms with Crippen LogP contribution < -0.4 is 9.64 Å². The third-order valence-electron chi connectivity index (χ3n) is 11.4. The summed E-state index contributed by atoms with van der Waals surface area (Å²) in [6.07, 6.45) is 12.1. The molecule has 4 fully saturated rings. The van der Waals surface area contributed by atoms with Crippen molar-refractivity contribution in [2.45, 2.75) is 69.1 Å². The number of rotatable bonds is 8. The number of carbonyl (C=O) groups excluding carboxylic acids is 1. The minimum absolute atomic E-state index is 0.0127. The molecule has 252 valence electrons. The highest BCUT2D eigenvalue weighted by atomic mass is 19.1. The van der Waals surface area contributed by atoms with Crippen molar-refractivity contribution in [1.29, 1.82) is 0 Å². The van der Waals surface area contributed by atoms with Gasteiger partial charge in [-0.15, -0.1) is 0 Å². The molecule has 49 heavy (non-hydrogen) atoms. The number of phenolic OH excluding ortho intramolecular Hbond substituents is 1. The quantitative estimate of drug-likeness (QED) is 0.224. The van der Waals surface area contributed by atoms with Crippen molar-refractivity contribution in [3.8, 4) is 22.9 Å². The number of imidazole rings is 1. The molecule has 2 bridgehead atoms. The summed E-state index contributed by atoms with van der Waals surface area (Å²) in [5, 5.41) is 12.9. The summed E-state index contributed by atoms with van der Waals surface area (Å²) in [5.41, 5.74) is 1.15. The molecule has 2 aromatic heterocycles. The summed E-state index contributed by atoms with van der Waals surface area (Å²) < 4.78 is 25.3. The fourth-order valence-electron chi connectivity index (χ4n) is 9.07. The summed E-state index contributed by atoms with van der Waals surface area (Å²) in [6.45, 7) is 4.45. The van der Waals surface area contributed by atoms with E-state index in [9.17, 15) is 9.90 Å². The lowest BCUT2D eigenvalue weighted by atomic mass is 9.95. The highest BCUT2D eigenvalue weighted by Gasteiger charge is 2.46. The Kier molecular flexibility index (Phi) is 7.41. The van der Waals surface area contributed by atoms with Gasteiger partial charge in [-0.1, -0.05) is 30.3 Å². The maximum Gasteiger partial charge on any atom is 0.319 e. The number of benzene rings is 3. The van der Waals surface area contributed by atoms with Crippen LogP contribution in [0, 0.1) is 5.82 Å². The van der Waals surface area contributed by atoms with Crippen molar-refractivity contribution in [2.24, 2.45) is 0 Å². The number of fused-ring (bicyclic) bond motifs is 5. The van der Waals surface area contributed by atoms with Gasteiger partial charge in [0.15, 0.2) is 5.82 Å². The van der Waals surface area contributed by atoms with Gasteiger partial charge >= 0.3 is 6.01 Å². The van der Waals surface area contributed by atoms with Crippen LogP contribution in [0.1, 0.15) is 44.9 Å². The number of nitrogens with zero attached hydrogens (tertiary/aromatic N) is 7. The molecule has 4 aliphatic heterocycles. The number of amides is 1. The van der Waals surface area contributed by atoms with E-state index >= 15 is 4.39 Å². The van der Waals surface area contributed by atoms with Crippen molar-refractivity contribution >= 4 is 33.4 Å². The number of halogens is 1. The van der Waals surface area contributed by atoms with Crippen LogP contribution in [0.3, 0.4) is 0 Å². The Labute approximate surface area is 284 Å². The Hall–Kier alpha value is -4.77. The van der Waals surface area contributed by atoms with Crippen molar-refractivity contribution in [2.75, 3.05) is 37.7 Å². The molecule has 6 heterocycles.